The summed E-state index contributed by atoms with van der Waals surface area (Å²) in [6, 6.07) is 19.9. The van der Waals surface area contributed by atoms with Gasteiger partial charge in [0.2, 0.25) is 5.91 Å². The quantitative estimate of drug-likeness (QED) is 0.324. The zero-order valence-corrected chi connectivity index (χ0v) is 23.4. The number of halogens is 1. The van der Waals surface area contributed by atoms with E-state index in [2.05, 4.69) is 19.2 Å². The van der Waals surface area contributed by atoms with Crippen molar-refractivity contribution in [3.63, 3.8) is 0 Å². The van der Waals surface area contributed by atoms with E-state index in [9.17, 15) is 13.2 Å². The molecule has 0 aromatic heterocycles. The van der Waals surface area contributed by atoms with E-state index in [1.54, 1.807) is 24.3 Å². The van der Waals surface area contributed by atoms with Crippen molar-refractivity contribution in [2.24, 2.45) is 0 Å². The third-order valence-electron chi connectivity index (χ3n) is 6.95. The zero-order valence-electron chi connectivity index (χ0n) is 21.8. The molecule has 1 atom stereocenters. The van der Waals surface area contributed by atoms with E-state index in [1.807, 2.05) is 31.2 Å². The molecule has 0 aliphatic carbocycles. The predicted octanol–water partition coefficient (Wildman–Crippen LogP) is 6.13. The average Bonchev–Trinajstić information content (AvgIpc) is 2.92. The van der Waals surface area contributed by atoms with Crippen LogP contribution in [-0.2, 0) is 14.8 Å². The summed E-state index contributed by atoms with van der Waals surface area (Å²) in [5.74, 6) is 0.933. The Kier molecular flexibility index (Phi) is 8.53. The maximum atomic E-state index is 13.7. The number of para-hydroxylation sites is 1. The topological polar surface area (TPSA) is 84.9 Å². The Balaban J connectivity index is 1.65. The maximum Gasteiger partial charge on any atom is 0.264 e. The van der Waals surface area contributed by atoms with Crippen molar-refractivity contribution in [2.75, 3.05) is 17.5 Å². The summed E-state index contributed by atoms with van der Waals surface area (Å²) >= 11 is 5.99. The molecule has 0 spiro atoms. The molecule has 1 aliphatic rings. The Morgan fingerprint density at radius 3 is 2.32 bits per heavy atom. The highest BCUT2D eigenvalue weighted by molar-refractivity contribution is 7.92. The minimum atomic E-state index is -4.08. The van der Waals surface area contributed by atoms with E-state index in [4.69, 9.17) is 21.1 Å². The number of fused-ring (bicyclic) bond motifs is 1. The van der Waals surface area contributed by atoms with Gasteiger partial charge in [0.1, 0.15) is 23.6 Å². The monoisotopic (exact) mass is 556 g/mol. The maximum absolute atomic E-state index is 13.7. The Labute approximate surface area is 229 Å². The van der Waals surface area contributed by atoms with Crippen LogP contribution in [0.2, 0.25) is 5.02 Å². The van der Waals surface area contributed by atoms with E-state index in [0.717, 1.165) is 28.5 Å². The lowest BCUT2D eigenvalue weighted by Gasteiger charge is -2.41. The van der Waals surface area contributed by atoms with Gasteiger partial charge in [-0.1, -0.05) is 43.6 Å². The van der Waals surface area contributed by atoms with Gasteiger partial charge in [0.25, 0.3) is 10.0 Å². The SMILES string of the molecule is CCOc1ccc(N(CC(=O)NC2CC(CC)(CC)Oc3ccccc32)S(=O)(=O)c2ccc(Cl)cc2)cc1. The highest BCUT2D eigenvalue weighted by atomic mass is 35.5. The van der Waals surface area contributed by atoms with Gasteiger partial charge in [-0.15, -0.1) is 0 Å². The van der Waals surface area contributed by atoms with Crippen molar-refractivity contribution in [3.05, 3.63) is 83.4 Å². The molecule has 0 saturated heterocycles. The fourth-order valence-corrected chi connectivity index (χ4v) is 6.27. The number of rotatable bonds is 10. The number of carbonyl (C=O) groups is 1. The van der Waals surface area contributed by atoms with Crippen LogP contribution in [0.15, 0.2) is 77.7 Å². The predicted molar refractivity (Wildman–Crippen MR) is 149 cm³/mol. The molecular weight excluding hydrogens is 524 g/mol. The van der Waals surface area contributed by atoms with Gasteiger partial charge in [-0.2, -0.15) is 0 Å². The third kappa shape index (κ3) is 5.92. The van der Waals surface area contributed by atoms with Crippen molar-refractivity contribution in [1.29, 1.82) is 0 Å². The molecule has 1 amide bonds. The first kappa shape index (κ1) is 27.8. The van der Waals surface area contributed by atoms with Crippen LogP contribution in [0.4, 0.5) is 5.69 Å². The Hall–Kier alpha value is -3.23. The van der Waals surface area contributed by atoms with E-state index >= 15 is 0 Å². The Bertz CT molecular complexity index is 1360. The fraction of sp³-hybridized carbons (Fsp3) is 0.345. The number of anilines is 1. The molecular formula is C29H33ClN2O5S. The minimum absolute atomic E-state index is 0.0379. The standard InChI is InChI=1S/C29H33ClN2O5S/c1-4-29(5-2)19-26(25-9-7-8-10-27(25)37-29)31-28(33)20-32(22-13-15-23(16-14-22)36-6-3)38(34,35)24-17-11-21(30)12-18-24/h7-18,26H,4-6,19-20H2,1-3H3,(H,31,33). The Morgan fingerprint density at radius 2 is 1.68 bits per heavy atom. The van der Waals surface area contributed by atoms with Crippen LogP contribution in [0.25, 0.3) is 0 Å². The van der Waals surface area contributed by atoms with Crippen LogP contribution in [0.1, 0.15) is 51.6 Å². The van der Waals surface area contributed by atoms with Crippen LogP contribution in [0.5, 0.6) is 11.5 Å². The molecule has 4 rings (SSSR count). The second kappa shape index (κ2) is 11.7. The number of ether oxygens (including phenoxy) is 2. The Morgan fingerprint density at radius 1 is 1.03 bits per heavy atom. The van der Waals surface area contributed by atoms with Crippen molar-refractivity contribution in [3.8, 4) is 11.5 Å². The van der Waals surface area contributed by atoms with Gasteiger partial charge in [-0.25, -0.2) is 8.42 Å². The summed E-state index contributed by atoms with van der Waals surface area (Å²) < 4.78 is 40.4. The normalized spacial score (nSPS) is 16.2. The van der Waals surface area contributed by atoms with Gasteiger partial charge in [0, 0.05) is 17.0 Å². The molecule has 9 heteroatoms. The van der Waals surface area contributed by atoms with Gasteiger partial charge in [0.05, 0.1) is 23.2 Å². The van der Waals surface area contributed by atoms with E-state index < -0.39 is 28.1 Å². The molecule has 0 bridgehead atoms. The van der Waals surface area contributed by atoms with Crippen molar-refractivity contribution in [2.45, 2.75) is 56.6 Å². The summed E-state index contributed by atoms with van der Waals surface area (Å²) in [7, 11) is -4.08. The second-order valence-corrected chi connectivity index (χ2v) is 11.5. The lowest BCUT2D eigenvalue weighted by Crippen LogP contribution is -2.47. The summed E-state index contributed by atoms with van der Waals surface area (Å²) in [6.07, 6.45) is 2.16. The first-order valence-corrected chi connectivity index (χ1v) is 14.6. The fourth-order valence-electron chi connectivity index (χ4n) is 4.72. The van der Waals surface area contributed by atoms with Crippen LogP contribution >= 0.6 is 11.6 Å². The molecule has 202 valence electrons. The molecule has 0 saturated carbocycles. The largest absolute Gasteiger partial charge is 0.494 e. The van der Waals surface area contributed by atoms with Crippen LogP contribution in [0.3, 0.4) is 0 Å². The highest BCUT2D eigenvalue weighted by Gasteiger charge is 2.39. The van der Waals surface area contributed by atoms with Crippen LogP contribution in [-0.4, -0.2) is 33.1 Å². The van der Waals surface area contributed by atoms with Crippen molar-refractivity contribution < 1.29 is 22.7 Å². The number of benzene rings is 3. The molecule has 38 heavy (non-hydrogen) atoms. The number of carbonyl (C=O) groups excluding carboxylic acids is 1. The van der Waals surface area contributed by atoms with Crippen LogP contribution < -0.4 is 19.1 Å². The van der Waals surface area contributed by atoms with Gasteiger partial charge < -0.3 is 14.8 Å². The molecule has 3 aromatic rings. The molecule has 1 unspecified atom stereocenters. The second-order valence-electron chi connectivity index (χ2n) is 9.25. The molecule has 3 aromatic carbocycles. The summed E-state index contributed by atoms with van der Waals surface area (Å²) in [6.45, 7) is 6.10. The lowest BCUT2D eigenvalue weighted by atomic mass is 9.83. The number of amides is 1. The zero-order chi connectivity index (χ0) is 27.3. The van der Waals surface area contributed by atoms with Gasteiger partial charge >= 0.3 is 0 Å². The summed E-state index contributed by atoms with van der Waals surface area (Å²) in [4.78, 5) is 13.5. The molecule has 0 radical (unpaired) electrons. The molecule has 1 N–H and O–H groups in total. The van der Waals surface area contributed by atoms with Gasteiger partial charge in [-0.3, -0.25) is 9.10 Å². The lowest BCUT2D eigenvalue weighted by molar-refractivity contribution is -0.121. The van der Waals surface area contributed by atoms with Gasteiger partial charge in [0.15, 0.2) is 0 Å². The number of hydrogen-bond acceptors (Lipinski definition) is 5. The third-order valence-corrected chi connectivity index (χ3v) is 8.99. The first-order chi connectivity index (χ1) is 18.2. The van der Waals surface area contributed by atoms with Crippen LogP contribution in [0, 0.1) is 0 Å². The van der Waals surface area contributed by atoms with Gasteiger partial charge in [-0.05, 0) is 74.4 Å². The van der Waals surface area contributed by atoms with Crippen molar-refractivity contribution in [1.82, 2.24) is 5.32 Å². The highest BCUT2D eigenvalue weighted by Crippen LogP contribution is 2.42. The molecule has 0 fully saturated rings. The summed E-state index contributed by atoms with van der Waals surface area (Å²) in [5, 5.41) is 3.51. The summed E-state index contributed by atoms with van der Waals surface area (Å²) in [5.41, 5.74) is 0.824. The number of hydrogen-bond donors (Lipinski definition) is 1. The number of nitrogens with zero attached hydrogens (tertiary/aromatic N) is 1. The number of sulfonamides is 1. The molecule has 1 aliphatic heterocycles. The van der Waals surface area contributed by atoms with E-state index in [0.29, 0.717) is 29.5 Å². The van der Waals surface area contributed by atoms with E-state index in [1.165, 1.54) is 24.3 Å². The number of nitrogens with one attached hydrogen (secondary N) is 1. The van der Waals surface area contributed by atoms with E-state index in [-0.39, 0.29) is 10.9 Å². The molecule has 7 nitrogen and oxygen atoms in total. The minimum Gasteiger partial charge on any atom is -0.494 e. The van der Waals surface area contributed by atoms with Crippen molar-refractivity contribution >= 4 is 33.2 Å². The average molecular weight is 557 g/mol. The smallest absolute Gasteiger partial charge is 0.264 e. The first-order valence-electron chi connectivity index (χ1n) is 12.8. The molecule has 1 heterocycles.